The van der Waals surface area contributed by atoms with Crippen molar-refractivity contribution in [2.75, 3.05) is 5.73 Å². The predicted octanol–water partition coefficient (Wildman–Crippen LogP) is 0.898. The number of amides is 2. The summed E-state index contributed by atoms with van der Waals surface area (Å²) in [6.07, 6.45) is 0.210. The van der Waals surface area contributed by atoms with Crippen molar-refractivity contribution in [3.05, 3.63) is 48.0 Å². The Hall–Kier alpha value is -3.77. The van der Waals surface area contributed by atoms with Crippen molar-refractivity contribution in [2.45, 2.75) is 63.6 Å². The fourth-order valence-electron chi connectivity index (χ4n) is 4.05. The van der Waals surface area contributed by atoms with Crippen molar-refractivity contribution in [1.82, 2.24) is 30.2 Å². The molecule has 1 fully saturated rings. The number of fused-ring (bicyclic) bond motifs is 1. The van der Waals surface area contributed by atoms with Crippen LogP contribution in [0.5, 0.6) is 0 Å². The lowest BCUT2D eigenvalue weighted by atomic mass is 10.1. The van der Waals surface area contributed by atoms with Gasteiger partial charge in [0.05, 0.1) is 18.4 Å². The number of hydrogen-bond donors (Lipinski definition) is 5. The molecule has 1 saturated carbocycles. The molecule has 0 radical (unpaired) electrons. The van der Waals surface area contributed by atoms with Crippen molar-refractivity contribution in [3.63, 3.8) is 0 Å². The van der Waals surface area contributed by atoms with Crippen molar-refractivity contribution in [3.8, 4) is 0 Å². The van der Waals surface area contributed by atoms with Crippen LogP contribution in [0.3, 0.4) is 0 Å². The Labute approximate surface area is 201 Å². The van der Waals surface area contributed by atoms with Gasteiger partial charge in [-0.2, -0.15) is 0 Å². The molecule has 0 bridgehead atoms. The van der Waals surface area contributed by atoms with E-state index in [1.807, 2.05) is 0 Å². The van der Waals surface area contributed by atoms with Crippen LogP contribution in [-0.2, 0) is 11.3 Å². The minimum absolute atomic E-state index is 0.219. The highest BCUT2D eigenvalue weighted by atomic mass is 16.6. The third-order valence-electron chi connectivity index (χ3n) is 5.76. The maximum Gasteiger partial charge on any atom is 0.407 e. The predicted molar refractivity (Wildman–Crippen MR) is 126 cm³/mol. The molecule has 1 aliphatic rings. The lowest BCUT2D eigenvalue weighted by Gasteiger charge is -2.19. The van der Waals surface area contributed by atoms with Gasteiger partial charge in [-0.1, -0.05) is 12.1 Å². The van der Waals surface area contributed by atoms with E-state index in [9.17, 15) is 19.8 Å². The first-order chi connectivity index (χ1) is 16.5. The second kappa shape index (κ2) is 9.47. The van der Waals surface area contributed by atoms with Gasteiger partial charge in [-0.15, -0.1) is 0 Å². The third kappa shape index (κ3) is 5.33. The molecule has 12 heteroatoms. The van der Waals surface area contributed by atoms with Gasteiger partial charge in [0, 0.05) is 12.1 Å². The number of nitrogens with zero attached hydrogens (tertiary/aromatic N) is 4. The van der Waals surface area contributed by atoms with Gasteiger partial charge in [-0.25, -0.2) is 19.7 Å². The SMILES string of the molecule is CC(C)(C)OC(=O)NCc1ccc(C(=O)N[C@@H]2C[C@H](n3cnc4c(N)ncnc43)[C@H](O)[C@@H]2O)cc1. The first-order valence-electron chi connectivity index (χ1n) is 11.2. The summed E-state index contributed by atoms with van der Waals surface area (Å²) in [5, 5.41) is 26.7. The molecule has 6 N–H and O–H groups in total. The maximum absolute atomic E-state index is 12.8. The van der Waals surface area contributed by atoms with Crippen LogP contribution in [0.25, 0.3) is 11.2 Å². The van der Waals surface area contributed by atoms with Gasteiger partial charge >= 0.3 is 6.09 Å². The summed E-state index contributed by atoms with van der Waals surface area (Å²) in [5.41, 5.74) is 7.26. The third-order valence-corrected chi connectivity index (χ3v) is 5.76. The minimum atomic E-state index is -1.18. The molecule has 1 aliphatic carbocycles. The summed E-state index contributed by atoms with van der Waals surface area (Å²) in [6, 6.07) is 5.44. The van der Waals surface area contributed by atoms with Crippen LogP contribution >= 0.6 is 0 Å². The highest BCUT2D eigenvalue weighted by Crippen LogP contribution is 2.33. The Morgan fingerprint density at radius 2 is 1.86 bits per heavy atom. The van der Waals surface area contributed by atoms with Crippen LogP contribution in [0.1, 0.15) is 49.2 Å². The Morgan fingerprint density at radius 1 is 1.14 bits per heavy atom. The second-order valence-corrected chi connectivity index (χ2v) is 9.50. The molecular formula is C23H29N7O5. The number of rotatable bonds is 5. The van der Waals surface area contributed by atoms with Crippen molar-refractivity contribution in [2.24, 2.45) is 0 Å². The second-order valence-electron chi connectivity index (χ2n) is 9.50. The molecule has 0 unspecified atom stereocenters. The van der Waals surface area contributed by atoms with Crippen LogP contribution < -0.4 is 16.4 Å². The smallest absolute Gasteiger partial charge is 0.407 e. The number of hydrogen-bond acceptors (Lipinski definition) is 9. The van der Waals surface area contributed by atoms with Crippen LogP contribution in [0.2, 0.25) is 0 Å². The fraction of sp³-hybridized carbons (Fsp3) is 0.435. The number of aromatic nitrogens is 4. The van der Waals surface area contributed by atoms with E-state index in [4.69, 9.17) is 10.5 Å². The Kier molecular flexibility index (Phi) is 6.59. The highest BCUT2D eigenvalue weighted by Gasteiger charge is 2.43. The Balaban J connectivity index is 1.38. The largest absolute Gasteiger partial charge is 0.444 e. The number of nitrogens with one attached hydrogen (secondary N) is 2. The zero-order chi connectivity index (χ0) is 25.3. The lowest BCUT2D eigenvalue weighted by Crippen LogP contribution is -2.43. The van der Waals surface area contributed by atoms with Gasteiger partial charge in [0.1, 0.15) is 29.7 Å². The summed E-state index contributed by atoms with van der Waals surface area (Å²) in [6.45, 7) is 5.60. The van der Waals surface area contributed by atoms with E-state index in [1.165, 1.54) is 12.7 Å². The van der Waals surface area contributed by atoms with E-state index in [-0.39, 0.29) is 18.8 Å². The number of benzene rings is 1. The lowest BCUT2D eigenvalue weighted by molar-refractivity contribution is 0.0143. The number of nitrogens with two attached hydrogens (primary N) is 1. The zero-order valence-electron chi connectivity index (χ0n) is 19.7. The number of anilines is 1. The van der Waals surface area contributed by atoms with E-state index < -0.39 is 41.9 Å². The van der Waals surface area contributed by atoms with Crippen molar-refractivity contribution >= 4 is 29.0 Å². The van der Waals surface area contributed by atoms with Crippen molar-refractivity contribution in [1.29, 1.82) is 0 Å². The van der Waals surface area contributed by atoms with Gasteiger partial charge in [0.15, 0.2) is 11.5 Å². The van der Waals surface area contributed by atoms with Crippen molar-refractivity contribution < 1.29 is 24.5 Å². The molecule has 4 atom stereocenters. The Morgan fingerprint density at radius 3 is 2.54 bits per heavy atom. The van der Waals surface area contributed by atoms with E-state index in [2.05, 4.69) is 25.6 Å². The number of carbonyl (C=O) groups is 2. The molecule has 0 saturated heterocycles. The molecule has 12 nitrogen and oxygen atoms in total. The number of ether oxygens (including phenoxy) is 1. The molecule has 186 valence electrons. The van der Waals surface area contributed by atoms with Gasteiger partial charge in [0.2, 0.25) is 0 Å². The average Bonchev–Trinajstić information content (AvgIpc) is 3.34. The molecule has 1 aromatic carbocycles. The Bertz CT molecular complexity index is 1220. The van der Waals surface area contributed by atoms with Crippen LogP contribution in [0, 0.1) is 0 Å². The molecule has 4 rings (SSSR count). The van der Waals surface area contributed by atoms with Crippen LogP contribution in [-0.4, -0.2) is 65.6 Å². The summed E-state index contributed by atoms with van der Waals surface area (Å²) in [5.74, 6) is -0.174. The molecule has 2 amide bonds. The van der Waals surface area contributed by atoms with Gasteiger partial charge < -0.3 is 35.9 Å². The molecule has 2 aromatic heterocycles. The van der Waals surface area contributed by atoms with E-state index >= 15 is 0 Å². The molecule has 0 spiro atoms. The standard InChI is InChI=1S/C23H29N7O5/c1-23(2,3)35-22(34)25-9-12-4-6-13(7-5-12)21(33)29-14-8-15(18(32)17(14)31)30-11-28-16-19(24)26-10-27-20(16)30/h4-7,10-11,14-15,17-18,31-32H,8-9H2,1-3H3,(H,25,34)(H,29,33)(H2,24,26,27)/t14-,15+,17-,18+/m1/s1. The molecule has 35 heavy (non-hydrogen) atoms. The normalized spacial score (nSPS) is 22.2. The van der Waals surface area contributed by atoms with E-state index in [0.717, 1.165) is 5.56 Å². The summed E-state index contributed by atoms with van der Waals surface area (Å²) >= 11 is 0. The number of imidazole rings is 1. The quantitative estimate of drug-likeness (QED) is 0.353. The average molecular weight is 484 g/mol. The van der Waals surface area contributed by atoms with Gasteiger partial charge in [-0.3, -0.25) is 4.79 Å². The van der Waals surface area contributed by atoms with Gasteiger partial charge in [-0.05, 0) is 44.9 Å². The topological polar surface area (TPSA) is 178 Å². The van der Waals surface area contributed by atoms with Crippen LogP contribution in [0.4, 0.5) is 10.6 Å². The first kappa shape index (κ1) is 24.4. The zero-order valence-corrected chi connectivity index (χ0v) is 19.7. The number of carbonyl (C=O) groups excluding carboxylic acids is 2. The van der Waals surface area contributed by atoms with E-state index in [1.54, 1.807) is 49.6 Å². The monoisotopic (exact) mass is 483 g/mol. The van der Waals surface area contributed by atoms with Crippen LogP contribution in [0.15, 0.2) is 36.9 Å². The summed E-state index contributed by atoms with van der Waals surface area (Å²) in [4.78, 5) is 36.9. The number of nitrogen functional groups attached to an aromatic ring is 1. The highest BCUT2D eigenvalue weighted by molar-refractivity contribution is 5.94. The number of aliphatic hydroxyl groups excluding tert-OH is 2. The summed E-state index contributed by atoms with van der Waals surface area (Å²) < 4.78 is 6.84. The van der Waals surface area contributed by atoms with Gasteiger partial charge in [0.25, 0.3) is 5.91 Å². The van der Waals surface area contributed by atoms with E-state index in [0.29, 0.717) is 16.7 Å². The minimum Gasteiger partial charge on any atom is -0.444 e. The molecule has 0 aliphatic heterocycles. The summed E-state index contributed by atoms with van der Waals surface area (Å²) in [7, 11) is 0. The number of aliphatic hydroxyl groups is 2. The maximum atomic E-state index is 12.8. The molecule has 2 heterocycles. The fourth-order valence-corrected chi connectivity index (χ4v) is 4.05. The molecular weight excluding hydrogens is 454 g/mol. The number of alkyl carbamates (subject to hydrolysis) is 1. The first-order valence-corrected chi connectivity index (χ1v) is 11.2. The molecule has 3 aromatic rings.